The molecule has 0 radical (unpaired) electrons. The number of nitrogens with zero attached hydrogens (tertiary/aromatic N) is 1. The van der Waals surface area contributed by atoms with Crippen LogP contribution in [0, 0.1) is 0 Å². The normalized spacial score (nSPS) is 23.4. The molecule has 2 aliphatic heterocycles. The molecule has 2 aliphatic rings. The van der Waals surface area contributed by atoms with E-state index in [1.165, 1.54) is 5.57 Å². The fourth-order valence-electron chi connectivity index (χ4n) is 1.27. The lowest BCUT2D eigenvalue weighted by Gasteiger charge is -2.21. The van der Waals surface area contributed by atoms with E-state index >= 15 is 0 Å². The van der Waals surface area contributed by atoms with Crippen molar-refractivity contribution in [3.63, 3.8) is 0 Å². The molecule has 0 aromatic heterocycles. The average molecular weight is 199 g/mol. The van der Waals surface area contributed by atoms with Gasteiger partial charge in [-0.05, 0) is 20.4 Å². The molecular weight excluding hydrogens is 178 g/mol. The number of morpholine rings is 1. The minimum Gasteiger partial charge on any atom is -0.379 e. The summed E-state index contributed by atoms with van der Waals surface area (Å²) < 4.78 is 10.2. The highest BCUT2D eigenvalue weighted by molar-refractivity contribution is 4.99. The first-order chi connectivity index (χ1) is 6.79. The maximum absolute atomic E-state index is 5.10. The molecule has 0 amide bonds. The summed E-state index contributed by atoms with van der Waals surface area (Å²) in [6.07, 6.45) is 3.25. The Labute approximate surface area is 86.7 Å². The Morgan fingerprint density at radius 2 is 1.86 bits per heavy atom. The molecule has 0 N–H and O–H groups in total. The molecule has 3 nitrogen and oxygen atoms in total. The zero-order valence-electron chi connectivity index (χ0n) is 9.29. The Balaban J connectivity index is 0.000000140. The molecule has 0 aromatic carbocycles. The highest BCUT2D eigenvalue weighted by atomic mass is 16.5. The van der Waals surface area contributed by atoms with E-state index < -0.39 is 0 Å². The van der Waals surface area contributed by atoms with Gasteiger partial charge in [0.15, 0.2) is 0 Å². The van der Waals surface area contributed by atoms with Crippen molar-refractivity contribution in [2.45, 2.75) is 13.3 Å². The second-order valence-corrected chi connectivity index (χ2v) is 3.79. The van der Waals surface area contributed by atoms with Gasteiger partial charge in [-0.15, -0.1) is 0 Å². The Morgan fingerprint density at radius 1 is 1.14 bits per heavy atom. The Kier molecular flexibility index (Phi) is 5.83. The van der Waals surface area contributed by atoms with Gasteiger partial charge in [0.25, 0.3) is 0 Å². The van der Waals surface area contributed by atoms with Gasteiger partial charge in [0.2, 0.25) is 0 Å². The molecular formula is C11H21NO2. The molecule has 0 saturated carbocycles. The van der Waals surface area contributed by atoms with Gasteiger partial charge in [-0.2, -0.15) is 0 Å². The standard InChI is InChI=1S/C6H10O.C5H11NO/c2*1-6-2-4-7-5-3-6/h2H,3-5H2,1H3;2-5H2,1H3. The van der Waals surface area contributed by atoms with Crippen LogP contribution < -0.4 is 0 Å². The van der Waals surface area contributed by atoms with Crippen LogP contribution in [0.2, 0.25) is 0 Å². The minimum atomic E-state index is 0.825. The third kappa shape index (κ3) is 5.37. The lowest BCUT2D eigenvalue weighted by atomic mass is 10.2. The molecule has 0 atom stereocenters. The van der Waals surface area contributed by atoms with Crippen molar-refractivity contribution in [1.29, 1.82) is 0 Å². The van der Waals surface area contributed by atoms with Crippen LogP contribution in [-0.2, 0) is 9.47 Å². The lowest BCUT2D eigenvalue weighted by molar-refractivity contribution is 0.0503. The number of hydrogen-bond acceptors (Lipinski definition) is 3. The molecule has 3 heteroatoms. The Bertz CT molecular complexity index is 174. The molecule has 2 rings (SSSR count). The zero-order valence-corrected chi connectivity index (χ0v) is 9.29. The molecule has 82 valence electrons. The molecule has 0 bridgehead atoms. The largest absolute Gasteiger partial charge is 0.379 e. The summed E-state index contributed by atoms with van der Waals surface area (Å²) in [6, 6.07) is 0. The predicted molar refractivity (Wildman–Crippen MR) is 57.5 cm³/mol. The van der Waals surface area contributed by atoms with Crippen LogP contribution in [0.1, 0.15) is 13.3 Å². The molecule has 14 heavy (non-hydrogen) atoms. The van der Waals surface area contributed by atoms with Crippen LogP contribution in [0.5, 0.6) is 0 Å². The third-order valence-electron chi connectivity index (χ3n) is 2.43. The first kappa shape index (κ1) is 11.7. The van der Waals surface area contributed by atoms with E-state index in [0.29, 0.717) is 0 Å². The van der Waals surface area contributed by atoms with E-state index in [1.807, 2.05) is 0 Å². The van der Waals surface area contributed by atoms with Gasteiger partial charge in [-0.1, -0.05) is 11.6 Å². The summed E-state index contributed by atoms with van der Waals surface area (Å²) in [5, 5.41) is 0. The smallest absolute Gasteiger partial charge is 0.0650 e. The van der Waals surface area contributed by atoms with Crippen molar-refractivity contribution in [1.82, 2.24) is 4.90 Å². The number of hydrogen-bond donors (Lipinski definition) is 0. The fraction of sp³-hybridized carbons (Fsp3) is 0.818. The van der Waals surface area contributed by atoms with Gasteiger partial charge in [0, 0.05) is 13.1 Å². The molecule has 0 aliphatic carbocycles. The highest BCUT2D eigenvalue weighted by Gasteiger charge is 2.02. The average Bonchev–Trinajstić information content (AvgIpc) is 2.21. The van der Waals surface area contributed by atoms with E-state index in [2.05, 4.69) is 24.9 Å². The van der Waals surface area contributed by atoms with E-state index in [9.17, 15) is 0 Å². The van der Waals surface area contributed by atoms with E-state index in [0.717, 1.165) is 45.9 Å². The summed E-state index contributed by atoms with van der Waals surface area (Å²) in [5.41, 5.74) is 1.46. The monoisotopic (exact) mass is 199 g/mol. The van der Waals surface area contributed by atoms with Crippen molar-refractivity contribution in [3.05, 3.63) is 11.6 Å². The van der Waals surface area contributed by atoms with E-state index in [-0.39, 0.29) is 0 Å². The van der Waals surface area contributed by atoms with Gasteiger partial charge >= 0.3 is 0 Å². The topological polar surface area (TPSA) is 21.7 Å². The highest BCUT2D eigenvalue weighted by Crippen LogP contribution is 2.04. The summed E-state index contributed by atoms with van der Waals surface area (Å²) in [5.74, 6) is 0. The molecule has 1 saturated heterocycles. The van der Waals surface area contributed by atoms with Crippen molar-refractivity contribution in [2.24, 2.45) is 0 Å². The number of rotatable bonds is 0. The lowest BCUT2D eigenvalue weighted by Crippen LogP contribution is -2.32. The van der Waals surface area contributed by atoms with Gasteiger partial charge in [-0.25, -0.2) is 0 Å². The van der Waals surface area contributed by atoms with Crippen LogP contribution in [0.25, 0.3) is 0 Å². The second kappa shape index (κ2) is 6.98. The van der Waals surface area contributed by atoms with E-state index in [4.69, 9.17) is 9.47 Å². The van der Waals surface area contributed by atoms with Crippen molar-refractivity contribution in [3.8, 4) is 0 Å². The maximum Gasteiger partial charge on any atom is 0.0650 e. The van der Waals surface area contributed by atoms with Crippen LogP contribution in [0.4, 0.5) is 0 Å². The molecule has 0 spiro atoms. The first-order valence-corrected chi connectivity index (χ1v) is 5.28. The molecule has 1 fully saturated rings. The maximum atomic E-state index is 5.10. The van der Waals surface area contributed by atoms with Gasteiger partial charge in [0.05, 0.1) is 26.4 Å². The van der Waals surface area contributed by atoms with Crippen molar-refractivity contribution < 1.29 is 9.47 Å². The minimum absolute atomic E-state index is 0.825. The molecule has 2 heterocycles. The van der Waals surface area contributed by atoms with Gasteiger partial charge < -0.3 is 14.4 Å². The number of likely N-dealkylation sites (N-methyl/N-ethyl adjacent to an activating group) is 1. The van der Waals surface area contributed by atoms with Crippen LogP contribution in [-0.4, -0.2) is 51.5 Å². The summed E-state index contributed by atoms with van der Waals surface area (Å²) in [4.78, 5) is 2.27. The summed E-state index contributed by atoms with van der Waals surface area (Å²) in [7, 11) is 2.11. The molecule has 0 aromatic rings. The van der Waals surface area contributed by atoms with Crippen molar-refractivity contribution in [2.75, 3.05) is 46.6 Å². The third-order valence-corrected chi connectivity index (χ3v) is 2.43. The predicted octanol–water partition coefficient (Wildman–Crippen LogP) is 1.30. The van der Waals surface area contributed by atoms with E-state index in [1.54, 1.807) is 0 Å². The SMILES string of the molecule is CC1=CCOCC1.CN1CCOCC1. The van der Waals surface area contributed by atoms with Crippen molar-refractivity contribution >= 4 is 0 Å². The quantitative estimate of drug-likeness (QED) is 0.549. The van der Waals surface area contributed by atoms with Gasteiger partial charge in [0.1, 0.15) is 0 Å². The first-order valence-electron chi connectivity index (χ1n) is 5.28. The van der Waals surface area contributed by atoms with Crippen LogP contribution in [0.15, 0.2) is 11.6 Å². The Morgan fingerprint density at radius 3 is 2.14 bits per heavy atom. The summed E-state index contributed by atoms with van der Waals surface area (Å²) in [6.45, 7) is 7.91. The van der Waals surface area contributed by atoms with Gasteiger partial charge in [-0.3, -0.25) is 0 Å². The number of ether oxygens (including phenoxy) is 2. The fourth-order valence-corrected chi connectivity index (χ4v) is 1.27. The van der Waals surface area contributed by atoms with Crippen LogP contribution in [0.3, 0.4) is 0 Å². The molecule has 0 unspecified atom stereocenters. The zero-order chi connectivity index (χ0) is 10.2. The summed E-state index contributed by atoms with van der Waals surface area (Å²) >= 11 is 0. The Hall–Kier alpha value is -0.380. The van der Waals surface area contributed by atoms with Crippen LogP contribution >= 0.6 is 0 Å². The second-order valence-electron chi connectivity index (χ2n) is 3.79.